The van der Waals surface area contributed by atoms with E-state index in [1.54, 1.807) is 0 Å². The van der Waals surface area contributed by atoms with Gasteiger partial charge < -0.3 is 19.9 Å². The lowest BCUT2D eigenvalue weighted by molar-refractivity contribution is 0.266. The number of allylic oxidation sites excluding steroid dienone is 1. The van der Waals surface area contributed by atoms with Gasteiger partial charge in [0.1, 0.15) is 18.2 Å². The summed E-state index contributed by atoms with van der Waals surface area (Å²) < 4.78 is 17.9. The van der Waals surface area contributed by atoms with Gasteiger partial charge >= 0.3 is 0 Å². The van der Waals surface area contributed by atoms with Crippen LogP contribution in [0.3, 0.4) is 0 Å². The molecule has 164 valence electrons. The minimum absolute atomic E-state index is 0.0513. The van der Waals surface area contributed by atoms with Crippen LogP contribution in [-0.4, -0.2) is 16.8 Å². The summed E-state index contributed by atoms with van der Waals surface area (Å²) in [5.41, 5.74) is 10.0. The van der Waals surface area contributed by atoms with Crippen LogP contribution in [0, 0.1) is 11.3 Å². The third-order valence-electron chi connectivity index (χ3n) is 5.36. The van der Waals surface area contributed by atoms with Crippen molar-refractivity contribution in [1.82, 2.24) is 10.2 Å². The number of nitriles is 1. The SMILES string of the molecule is CCCc1[nH]nc2c1[C@@H](c1cccc(OCC)c1OCc1ccccc1)C(C#N)=C(N)O2. The Kier molecular flexibility index (Phi) is 6.31. The van der Waals surface area contributed by atoms with Gasteiger partial charge in [0.25, 0.3) is 0 Å². The Morgan fingerprint density at radius 3 is 2.66 bits per heavy atom. The fourth-order valence-electron chi connectivity index (χ4n) is 3.97. The van der Waals surface area contributed by atoms with E-state index < -0.39 is 5.92 Å². The van der Waals surface area contributed by atoms with Crippen LogP contribution in [0.15, 0.2) is 60.0 Å². The molecule has 0 aliphatic carbocycles. The maximum Gasteiger partial charge on any atom is 0.244 e. The van der Waals surface area contributed by atoms with Gasteiger partial charge in [-0.2, -0.15) is 5.26 Å². The molecular weight excluding hydrogens is 404 g/mol. The second kappa shape index (κ2) is 9.48. The van der Waals surface area contributed by atoms with Gasteiger partial charge in [0.2, 0.25) is 11.8 Å². The Hall–Kier alpha value is -3.92. The number of aromatic amines is 1. The highest BCUT2D eigenvalue weighted by Crippen LogP contribution is 2.48. The van der Waals surface area contributed by atoms with E-state index in [0.29, 0.717) is 36.2 Å². The van der Waals surface area contributed by atoms with Crippen molar-refractivity contribution in [1.29, 1.82) is 5.26 Å². The number of aromatic nitrogens is 2. The van der Waals surface area contributed by atoms with E-state index in [4.69, 9.17) is 19.9 Å². The van der Waals surface area contributed by atoms with Gasteiger partial charge in [0.15, 0.2) is 11.5 Å². The average Bonchev–Trinajstić information content (AvgIpc) is 3.20. The molecule has 0 saturated carbocycles. The first-order valence-electron chi connectivity index (χ1n) is 10.7. The van der Waals surface area contributed by atoms with Crippen molar-refractivity contribution in [2.45, 2.75) is 39.2 Å². The van der Waals surface area contributed by atoms with Crippen LogP contribution in [0.2, 0.25) is 0 Å². The molecule has 1 aliphatic heterocycles. The van der Waals surface area contributed by atoms with Crippen LogP contribution in [-0.2, 0) is 13.0 Å². The highest BCUT2D eigenvalue weighted by molar-refractivity contribution is 5.61. The normalized spacial score (nSPS) is 15.0. The second-order valence-electron chi connectivity index (χ2n) is 7.48. The van der Waals surface area contributed by atoms with Crippen LogP contribution in [0.1, 0.15) is 48.6 Å². The molecule has 0 amide bonds. The third-order valence-corrected chi connectivity index (χ3v) is 5.36. The van der Waals surface area contributed by atoms with Crippen LogP contribution >= 0.6 is 0 Å². The number of ether oxygens (including phenoxy) is 3. The fraction of sp³-hybridized carbons (Fsp3) is 0.280. The van der Waals surface area contributed by atoms with Crippen LogP contribution in [0.25, 0.3) is 0 Å². The summed E-state index contributed by atoms with van der Waals surface area (Å²) in [4.78, 5) is 0. The van der Waals surface area contributed by atoms with Crippen LogP contribution in [0.5, 0.6) is 17.4 Å². The summed E-state index contributed by atoms with van der Waals surface area (Å²) in [6.07, 6.45) is 1.69. The molecular formula is C25H26N4O3. The van der Waals surface area contributed by atoms with Gasteiger partial charge in [-0.05, 0) is 25.0 Å². The molecule has 0 fully saturated rings. The van der Waals surface area contributed by atoms with Gasteiger partial charge in [0.05, 0.1) is 18.1 Å². The lowest BCUT2D eigenvalue weighted by Crippen LogP contribution is -2.22. The van der Waals surface area contributed by atoms with Crippen molar-refractivity contribution in [3.63, 3.8) is 0 Å². The predicted octanol–water partition coefficient (Wildman–Crippen LogP) is 4.56. The molecule has 0 bridgehead atoms. The molecule has 2 aromatic carbocycles. The van der Waals surface area contributed by atoms with Crippen molar-refractivity contribution < 1.29 is 14.2 Å². The first-order valence-corrected chi connectivity index (χ1v) is 10.7. The van der Waals surface area contributed by atoms with Gasteiger partial charge in [-0.25, -0.2) is 0 Å². The lowest BCUT2D eigenvalue weighted by Gasteiger charge is -2.26. The molecule has 7 heteroatoms. The van der Waals surface area contributed by atoms with Crippen molar-refractivity contribution in [2.24, 2.45) is 5.73 Å². The van der Waals surface area contributed by atoms with E-state index in [1.807, 2.05) is 55.5 Å². The molecule has 0 saturated heterocycles. The third kappa shape index (κ3) is 4.00. The number of para-hydroxylation sites is 1. The van der Waals surface area contributed by atoms with Gasteiger partial charge in [-0.3, -0.25) is 5.10 Å². The molecule has 3 aromatic rings. The minimum Gasteiger partial charge on any atom is -0.490 e. The molecule has 3 N–H and O–H groups in total. The lowest BCUT2D eigenvalue weighted by atomic mass is 9.83. The van der Waals surface area contributed by atoms with E-state index in [1.165, 1.54) is 0 Å². The summed E-state index contributed by atoms with van der Waals surface area (Å²) in [6.45, 7) is 4.86. The van der Waals surface area contributed by atoms with Crippen molar-refractivity contribution in [2.75, 3.05) is 6.61 Å². The maximum absolute atomic E-state index is 9.98. The number of hydrogen-bond acceptors (Lipinski definition) is 6. The summed E-state index contributed by atoms with van der Waals surface area (Å²) in [7, 11) is 0. The zero-order valence-corrected chi connectivity index (χ0v) is 18.2. The first-order chi connectivity index (χ1) is 15.7. The smallest absolute Gasteiger partial charge is 0.244 e. The first kappa shape index (κ1) is 21.3. The number of rotatable bonds is 8. The van der Waals surface area contributed by atoms with Crippen LogP contribution < -0.4 is 19.9 Å². The zero-order valence-electron chi connectivity index (χ0n) is 18.2. The number of nitrogens with two attached hydrogens (primary N) is 1. The van der Waals surface area contributed by atoms with Crippen LogP contribution in [0.4, 0.5) is 0 Å². The zero-order chi connectivity index (χ0) is 22.5. The number of benzene rings is 2. The number of fused-ring (bicyclic) bond motifs is 1. The monoisotopic (exact) mass is 430 g/mol. The Bertz CT molecular complexity index is 1160. The molecule has 32 heavy (non-hydrogen) atoms. The standard InChI is InChI=1S/C25H26N4O3/c1-3-9-19-22-21(18(14-26)24(27)32-25(22)29-28-19)17-12-8-13-20(30-4-2)23(17)31-15-16-10-6-5-7-11-16/h5-8,10-13,21H,3-4,9,15,27H2,1-2H3,(H,28,29)/t21-/m0/s1. The molecule has 4 rings (SSSR count). The Morgan fingerprint density at radius 1 is 1.12 bits per heavy atom. The van der Waals surface area contributed by atoms with Crippen molar-refractivity contribution in [3.8, 4) is 23.4 Å². The summed E-state index contributed by atoms with van der Waals surface area (Å²) in [5, 5.41) is 17.3. The Labute approximate surface area is 187 Å². The Balaban J connectivity index is 1.85. The number of H-pyrrole nitrogens is 1. The van der Waals surface area contributed by atoms with Gasteiger partial charge in [0, 0.05) is 11.3 Å². The summed E-state index contributed by atoms with van der Waals surface area (Å²) in [5.74, 6) is 1.17. The van der Waals surface area contributed by atoms with Gasteiger partial charge in [-0.15, -0.1) is 5.10 Å². The summed E-state index contributed by atoms with van der Waals surface area (Å²) >= 11 is 0. The van der Waals surface area contributed by atoms with Gasteiger partial charge in [-0.1, -0.05) is 55.8 Å². The number of aryl methyl sites for hydroxylation is 1. The summed E-state index contributed by atoms with van der Waals surface area (Å²) in [6, 6.07) is 17.9. The maximum atomic E-state index is 9.98. The van der Waals surface area contributed by atoms with Crippen molar-refractivity contribution in [3.05, 3.63) is 82.4 Å². The molecule has 2 heterocycles. The number of hydrogen-bond donors (Lipinski definition) is 2. The molecule has 1 aliphatic rings. The van der Waals surface area contributed by atoms with Crippen molar-refractivity contribution >= 4 is 0 Å². The number of nitrogens with zero attached hydrogens (tertiary/aromatic N) is 2. The number of nitrogens with one attached hydrogen (secondary N) is 1. The average molecular weight is 431 g/mol. The minimum atomic E-state index is -0.477. The van der Waals surface area contributed by atoms with E-state index in [-0.39, 0.29) is 5.88 Å². The topological polar surface area (TPSA) is 106 Å². The molecule has 0 unspecified atom stereocenters. The van der Waals surface area contributed by atoms with E-state index in [9.17, 15) is 5.26 Å². The predicted molar refractivity (Wildman–Crippen MR) is 120 cm³/mol. The van der Waals surface area contributed by atoms with E-state index >= 15 is 0 Å². The Morgan fingerprint density at radius 2 is 1.94 bits per heavy atom. The highest BCUT2D eigenvalue weighted by atomic mass is 16.5. The molecule has 7 nitrogen and oxygen atoms in total. The van der Waals surface area contributed by atoms with E-state index in [2.05, 4.69) is 23.2 Å². The molecule has 0 radical (unpaired) electrons. The highest BCUT2D eigenvalue weighted by Gasteiger charge is 2.37. The molecule has 1 atom stereocenters. The molecule has 0 spiro atoms. The van der Waals surface area contributed by atoms with E-state index in [0.717, 1.165) is 35.2 Å². The largest absolute Gasteiger partial charge is 0.490 e. The second-order valence-corrected chi connectivity index (χ2v) is 7.48. The molecule has 1 aromatic heterocycles. The quantitative estimate of drug-likeness (QED) is 0.543. The fourth-order valence-corrected chi connectivity index (χ4v) is 3.97.